The number of hydrogen-bond donors (Lipinski definition) is 2. The van der Waals surface area contributed by atoms with Crippen LogP contribution in [0.2, 0.25) is 5.02 Å². The van der Waals surface area contributed by atoms with Crippen molar-refractivity contribution < 1.29 is 18.0 Å². The predicted molar refractivity (Wildman–Crippen MR) is 114 cm³/mol. The van der Waals surface area contributed by atoms with Crippen LogP contribution >= 0.6 is 11.6 Å². The summed E-state index contributed by atoms with van der Waals surface area (Å²) in [6.07, 6.45) is 0.372. The highest BCUT2D eigenvalue weighted by molar-refractivity contribution is 6.31. The Hall–Kier alpha value is -3.65. The molecule has 0 saturated heterocycles. The van der Waals surface area contributed by atoms with Crippen molar-refractivity contribution >= 4 is 45.5 Å². The van der Waals surface area contributed by atoms with E-state index in [1.165, 1.54) is 6.20 Å². The number of fused-ring (bicyclic) bond motifs is 1. The van der Waals surface area contributed by atoms with Crippen LogP contribution in [0.15, 0.2) is 73.2 Å². The van der Waals surface area contributed by atoms with Gasteiger partial charge in [-0.3, -0.25) is 9.78 Å². The maximum atomic E-state index is 12.9. The first-order chi connectivity index (χ1) is 14.8. The SMILES string of the molecule is O=C(Nc1ccc(C(F)(F)F)c(Cl)c1)c1cccnc1Nc1ccc2ccncc2c1. The molecule has 0 spiro atoms. The number of benzene rings is 2. The zero-order valence-electron chi connectivity index (χ0n) is 15.7. The monoisotopic (exact) mass is 442 g/mol. The van der Waals surface area contributed by atoms with Gasteiger partial charge in [-0.25, -0.2) is 4.98 Å². The second-order valence-electron chi connectivity index (χ2n) is 6.61. The van der Waals surface area contributed by atoms with Gasteiger partial charge in [-0.05, 0) is 53.9 Å². The fourth-order valence-corrected chi connectivity index (χ4v) is 3.30. The van der Waals surface area contributed by atoms with E-state index in [4.69, 9.17) is 11.6 Å². The van der Waals surface area contributed by atoms with Gasteiger partial charge < -0.3 is 10.6 Å². The Labute approximate surface area is 179 Å². The number of carbonyl (C=O) groups is 1. The lowest BCUT2D eigenvalue weighted by Crippen LogP contribution is -2.15. The minimum absolute atomic E-state index is 0.134. The van der Waals surface area contributed by atoms with Gasteiger partial charge in [0.15, 0.2) is 0 Å². The molecule has 2 heterocycles. The predicted octanol–water partition coefficient (Wildman–Crippen LogP) is 6.30. The Morgan fingerprint density at radius 1 is 0.935 bits per heavy atom. The molecule has 2 N–H and O–H groups in total. The average Bonchev–Trinajstić information content (AvgIpc) is 2.73. The van der Waals surface area contributed by atoms with Crippen LogP contribution in [0.3, 0.4) is 0 Å². The molecule has 0 aliphatic heterocycles. The van der Waals surface area contributed by atoms with Crippen LogP contribution < -0.4 is 10.6 Å². The van der Waals surface area contributed by atoms with Gasteiger partial charge in [0.25, 0.3) is 5.91 Å². The summed E-state index contributed by atoms with van der Waals surface area (Å²) in [5.74, 6) is -0.255. The Balaban J connectivity index is 1.57. The summed E-state index contributed by atoms with van der Waals surface area (Å²) in [5.41, 5.74) is 0.0758. The van der Waals surface area contributed by atoms with Crippen LogP contribution in [0, 0.1) is 0 Å². The molecule has 5 nitrogen and oxygen atoms in total. The molecule has 0 fully saturated rings. The van der Waals surface area contributed by atoms with Crippen LogP contribution in [-0.4, -0.2) is 15.9 Å². The smallest absolute Gasteiger partial charge is 0.340 e. The molecule has 0 saturated carbocycles. The Bertz CT molecular complexity index is 1280. The lowest BCUT2D eigenvalue weighted by molar-refractivity contribution is -0.137. The molecule has 156 valence electrons. The minimum Gasteiger partial charge on any atom is -0.340 e. The summed E-state index contributed by atoms with van der Waals surface area (Å²) in [6.45, 7) is 0. The third kappa shape index (κ3) is 4.59. The van der Waals surface area contributed by atoms with E-state index >= 15 is 0 Å². The molecule has 9 heteroatoms. The summed E-state index contributed by atoms with van der Waals surface area (Å²) in [5, 5.41) is 7.07. The van der Waals surface area contributed by atoms with E-state index in [0.29, 0.717) is 11.5 Å². The van der Waals surface area contributed by atoms with Crippen LogP contribution in [0.5, 0.6) is 0 Å². The molecule has 2 aromatic heterocycles. The number of rotatable bonds is 4. The topological polar surface area (TPSA) is 66.9 Å². The maximum Gasteiger partial charge on any atom is 0.417 e. The lowest BCUT2D eigenvalue weighted by Gasteiger charge is -2.13. The van der Waals surface area contributed by atoms with E-state index in [2.05, 4.69) is 20.6 Å². The number of halogens is 4. The third-order valence-electron chi connectivity index (χ3n) is 4.49. The second kappa shape index (κ2) is 8.23. The van der Waals surface area contributed by atoms with Gasteiger partial charge in [0.1, 0.15) is 5.82 Å². The minimum atomic E-state index is -4.57. The lowest BCUT2D eigenvalue weighted by atomic mass is 10.1. The summed E-state index contributed by atoms with van der Waals surface area (Å²) < 4.78 is 38.6. The highest BCUT2D eigenvalue weighted by Gasteiger charge is 2.33. The van der Waals surface area contributed by atoms with Crippen molar-refractivity contribution in [3.05, 3.63) is 89.3 Å². The van der Waals surface area contributed by atoms with Crippen LogP contribution in [-0.2, 0) is 6.18 Å². The van der Waals surface area contributed by atoms with Gasteiger partial charge in [0, 0.05) is 35.4 Å². The number of nitrogens with zero attached hydrogens (tertiary/aromatic N) is 2. The standard InChI is InChI=1S/C22H14ClF3N4O/c23-19-11-16(5-6-18(19)22(24,25)26)30-21(31)17-2-1-8-28-20(17)29-15-4-3-13-7-9-27-12-14(13)10-15/h1-12H,(H,28,29)(H,30,31). The number of amides is 1. The van der Waals surface area contributed by atoms with E-state index in [9.17, 15) is 18.0 Å². The maximum absolute atomic E-state index is 12.9. The molecule has 0 aliphatic rings. The van der Waals surface area contributed by atoms with Crippen molar-refractivity contribution in [2.45, 2.75) is 6.18 Å². The molecule has 0 aliphatic carbocycles. The summed E-state index contributed by atoms with van der Waals surface area (Å²) in [7, 11) is 0. The van der Waals surface area contributed by atoms with Gasteiger partial charge in [0.2, 0.25) is 0 Å². The third-order valence-corrected chi connectivity index (χ3v) is 4.80. The first-order valence-corrected chi connectivity index (χ1v) is 9.43. The molecule has 0 bridgehead atoms. The summed E-state index contributed by atoms with van der Waals surface area (Å²) >= 11 is 5.73. The number of anilines is 3. The largest absolute Gasteiger partial charge is 0.417 e. The number of nitrogens with one attached hydrogen (secondary N) is 2. The zero-order valence-corrected chi connectivity index (χ0v) is 16.5. The van der Waals surface area contributed by atoms with Gasteiger partial charge in [-0.15, -0.1) is 0 Å². The molecule has 2 aromatic carbocycles. The van der Waals surface area contributed by atoms with Crippen molar-refractivity contribution in [3.8, 4) is 0 Å². The molecular weight excluding hydrogens is 429 g/mol. The number of hydrogen-bond acceptors (Lipinski definition) is 4. The first kappa shape index (κ1) is 20.6. The fourth-order valence-electron chi connectivity index (χ4n) is 3.01. The van der Waals surface area contributed by atoms with E-state index in [0.717, 1.165) is 29.0 Å². The first-order valence-electron chi connectivity index (χ1n) is 9.05. The molecular formula is C22H14ClF3N4O. The fraction of sp³-hybridized carbons (Fsp3) is 0.0455. The molecule has 4 rings (SSSR count). The van der Waals surface area contributed by atoms with Crippen molar-refractivity contribution in [1.82, 2.24) is 9.97 Å². The van der Waals surface area contributed by atoms with Gasteiger partial charge in [0.05, 0.1) is 16.1 Å². The molecule has 31 heavy (non-hydrogen) atoms. The summed E-state index contributed by atoms with van der Waals surface area (Å²) in [4.78, 5) is 21.1. The van der Waals surface area contributed by atoms with E-state index in [1.54, 1.807) is 24.5 Å². The van der Waals surface area contributed by atoms with Crippen LogP contribution in [0.4, 0.5) is 30.4 Å². The van der Waals surface area contributed by atoms with E-state index in [-0.39, 0.29) is 11.3 Å². The average molecular weight is 443 g/mol. The van der Waals surface area contributed by atoms with Gasteiger partial charge >= 0.3 is 6.18 Å². The summed E-state index contributed by atoms with van der Waals surface area (Å²) in [6, 6.07) is 13.7. The Kier molecular flexibility index (Phi) is 5.48. The number of pyridine rings is 2. The highest BCUT2D eigenvalue weighted by Crippen LogP contribution is 2.36. The van der Waals surface area contributed by atoms with E-state index < -0.39 is 22.7 Å². The number of alkyl halides is 3. The number of aromatic nitrogens is 2. The normalized spacial score (nSPS) is 11.4. The van der Waals surface area contributed by atoms with E-state index in [1.807, 2.05) is 24.3 Å². The number of carbonyl (C=O) groups excluding carboxylic acids is 1. The molecule has 0 radical (unpaired) electrons. The molecule has 0 unspecified atom stereocenters. The molecule has 1 amide bonds. The van der Waals surface area contributed by atoms with Gasteiger partial charge in [-0.1, -0.05) is 17.7 Å². The quantitative estimate of drug-likeness (QED) is 0.389. The van der Waals surface area contributed by atoms with Crippen molar-refractivity contribution in [3.63, 3.8) is 0 Å². The van der Waals surface area contributed by atoms with Gasteiger partial charge in [-0.2, -0.15) is 13.2 Å². The van der Waals surface area contributed by atoms with Crippen LogP contribution in [0.1, 0.15) is 15.9 Å². The second-order valence-corrected chi connectivity index (χ2v) is 7.02. The van der Waals surface area contributed by atoms with Crippen molar-refractivity contribution in [2.24, 2.45) is 0 Å². The zero-order chi connectivity index (χ0) is 22.0. The Morgan fingerprint density at radius 2 is 1.74 bits per heavy atom. The highest BCUT2D eigenvalue weighted by atomic mass is 35.5. The van der Waals surface area contributed by atoms with Crippen molar-refractivity contribution in [2.75, 3.05) is 10.6 Å². The Morgan fingerprint density at radius 3 is 2.52 bits per heavy atom. The molecule has 4 aromatic rings. The molecule has 0 atom stereocenters. The van der Waals surface area contributed by atoms with Crippen LogP contribution in [0.25, 0.3) is 10.8 Å². The van der Waals surface area contributed by atoms with Crippen molar-refractivity contribution in [1.29, 1.82) is 0 Å².